The van der Waals surface area contributed by atoms with Gasteiger partial charge in [0.1, 0.15) is 10.6 Å². The Morgan fingerprint density at radius 3 is 2.50 bits per heavy atom. The minimum atomic E-state index is -0.446. The van der Waals surface area contributed by atoms with E-state index in [1.54, 1.807) is 23.3 Å². The van der Waals surface area contributed by atoms with E-state index in [0.717, 1.165) is 37.1 Å². The van der Waals surface area contributed by atoms with Crippen LogP contribution in [0.2, 0.25) is 0 Å². The summed E-state index contributed by atoms with van der Waals surface area (Å²) in [5.41, 5.74) is -0.446. The predicted molar refractivity (Wildman–Crippen MR) is 125 cm³/mol. The maximum Gasteiger partial charge on any atom is 0.410 e. The normalized spacial score (nSPS) is 15.8. The van der Waals surface area contributed by atoms with Crippen molar-refractivity contribution >= 4 is 47.4 Å². The second-order valence-electron chi connectivity index (χ2n) is 7.53. The molecule has 0 unspecified atom stereocenters. The average molecular weight is 524 g/mol. The van der Waals surface area contributed by atoms with Gasteiger partial charge in [-0.2, -0.15) is 0 Å². The molecule has 1 amide bonds. The van der Waals surface area contributed by atoms with Gasteiger partial charge in [0.05, 0.1) is 6.54 Å². The van der Waals surface area contributed by atoms with Gasteiger partial charge < -0.3 is 20.3 Å². The lowest BCUT2D eigenvalue weighted by atomic mass is 10.2. The monoisotopic (exact) mass is 524 g/mol. The molecule has 1 saturated heterocycles. The highest BCUT2D eigenvalue weighted by molar-refractivity contribution is 14.0. The molecule has 28 heavy (non-hydrogen) atoms. The number of aryl methyl sites for hydroxylation is 1. The smallest absolute Gasteiger partial charge is 0.410 e. The van der Waals surface area contributed by atoms with Gasteiger partial charge in [0.25, 0.3) is 0 Å². The standard InChI is InChI=1S/C18H32N6O2S.HI/c1-14-12-21-15(27-14)13-22-16(19-5)20-6-7-23-8-10-24(11-9-23)17(25)26-18(2,3)4;/h12H,6-11,13H2,1-5H3,(H2,19,20,22);1H. The number of aliphatic imine (C=N–C) groups is 1. The largest absolute Gasteiger partial charge is 0.444 e. The Labute approximate surface area is 189 Å². The molecule has 160 valence electrons. The van der Waals surface area contributed by atoms with Gasteiger partial charge >= 0.3 is 6.09 Å². The Morgan fingerprint density at radius 2 is 1.96 bits per heavy atom. The molecule has 1 fully saturated rings. The molecule has 0 radical (unpaired) electrons. The summed E-state index contributed by atoms with van der Waals surface area (Å²) in [6.45, 7) is 13.2. The predicted octanol–water partition coefficient (Wildman–Crippen LogP) is 2.29. The number of rotatable bonds is 5. The van der Waals surface area contributed by atoms with Crippen LogP contribution in [0.4, 0.5) is 4.79 Å². The fourth-order valence-corrected chi connectivity index (χ4v) is 3.40. The molecule has 0 aromatic carbocycles. The number of hydrogen-bond donors (Lipinski definition) is 2. The van der Waals surface area contributed by atoms with Gasteiger partial charge in [-0.05, 0) is 27.7 Å². The number of aromatic nitrogens is 1. The highest BCUT2D eigenvalue weighted by Crippen LogP contribution is 2.12. The van der Waals surface area contributed by atoms with E-state index < -0.39 is 5.60 Å². The van der Waals surface area contributed by atoms with Crippen LogP contribution in [-0.4, -0.2) is 78.8 Å². The molecule has 8 nitrogen and oxygen atoms in total. The third-order valence-electron chi connectivity index (χ3n) is 4.04. The van der Waals surface area contributed by atoms with Crippen molar-refractivity contribution in [3.63, 3.8) is 0 Å². The lowest BCUT2D eigenvalue weighted by molar-refractivity contribution is 0.0147. The van der Waals surface area contributed by atoms with E-state index in [1.807, 2.05) is 27.0 Å². The van der Waals surface area contributed by atoms with Gasteiger partial charge in [-0.3, -0.25) is 9.89 Å². The van der Waals surface area contributed by atoms with Crippen molar-refractivity contribution < 1.29 is 9.53 Å². The number of guanidine groups is 1. The van der Waals surface area contributed by atoms with E-state index in [4.69, 9.17) is 4.74 Å². The fourth-order valence-electron chi connectivity index (χ4n) is 2.68. The average Bonchev–Trinajstić information content (AvgIpc) is 3.02. The first-order valence-corrected chi connectivity index (χ1v) is 10.1. The van der Waals surface area contributed by atoms with Gasteiger partial charge in [-0.1, -0.05) is 0 Å². The van der Waals surface area contributed by atoms with Crippen LogP contribution in [0.3, 0.4) is 0 Å². The molecule has 1 aliphatic heterocycles. The van der Waals surface area contributed by atoms with E-state index in [-0.39, 0.29) is 30.1 Å². The van der Waals surface area contributed by atoms with E-state index in [9.17, 15) is 4.79 Å². The molecule has 1 aromatic heterocycles. The maximum absolute atomic E-state index is 12.1. The Hall–Kier alpha value is -1.14. The fraction of sp³-hybridized carbons (Fsp3) is 0.722. The summed E-state index contributed by atoms with van der Waals surface area (Å²) in [4.78, 5) is 26.0. The van der Waals surface area contributed by atoms with Crippen molar-refractivity contribution in [1.29, 1.82) is 0 Å². The number of nitrogens with zero attached hydrogens (tertiary/aromatic N) is 4. The Morgan fingerprint density at radius 1 is 1.29 bits per heavy atom. The van der Waals surface area contributed by atoms with Crippen LogP contribution in [0.25, 0.3) is 0 Å². The summed E-state index contributed by atoms with van der Waals surface area (Å²) in [7, 11) is 1.77. The van der Waals surface area contributed by atoms with Crippen molar-refractivity contribution in [2.45, 2.75) is 39.8 Å². The van der Waals surface area contributed by atoms with Crippen molar-refractivity contribution in [2.24, 2.45) is 4.99 Å². The molecule has 0 saturated carbocycles. The number of ether oxygens (including phenoxy) is 1. The van der Waals surface area contributed by atoms with Crippen LogP contribution in [0.5, 0.6) is 0 Å². The zero-order valence-electron chi connectivity index (χ0n) is 17.4. The molecule has 2 rings (SSSR count). The molecule has 10 heteroatoms. The number of nitrogens with one attached hydrogen (secondary N) is 2. The van der Waals surface area contributed by atoms with Crippen LogP contribution >= 0.6 is 35.3 Å². The first-order valence-electron chi connectivity index (χ1n) is 9.33. The highest BCUT2D eigenvalue weighted by Gasteiger charge is 2.25. The van der Waals surface area contributed by atoms with Crippen molar-refractivity contribution in [3.8, 4) is 0 Å². The van der Waals surface area contributed by atoms with Crippen LogP contribution in [0, 0.1) is 6.92 Å². The van der Waals surface area contributed by atoms with Crippen molar-refractivity contribution in [1.82, 2.24) is 25.4 Å². The first-order chi connectivity index (χ1) is 12.8. The summed E-state index contributed by atoms with van der Waals surface area (Å²) in [6, 6.07) is 0. The molecular formula is C18H33IN6O2S. The molecule has 2 heterocycles. The van der Waals surface area contributed by atoms with Crippen LogP contribution in [0.15, 0.2) is 11.2 Å². The summed E-state index contributed by atoms with van der Waals surface area (Å²) < 4.78 is 5.43. The number of carbonyl (C=O) groups is 1. The van der Waals surface area contributed by atoms with Crippen LogP contribution < -0.4 is 10.6 Å². The lowest BCUT2D eigenvalue weighted by Gasteiger charge is -2.35. The SMILES string of the molecule is CN=C(NCCN1CCN(C(=O)OC(C)(C)C)CC1)NCc1ncc(C)s1.I. The highest BCUT2D eigenvalue weighted by atomic mass is 127. The second kappa shape index (κ2) is 11.8. The Kier molecular flexibility index (Phi) is 10.5. The molecule has 1 aromatic rings. The molecule has 0 atom stereocenters. The Balaban J connectivity index is 0.00000392. The lowest BCUT2D eigenvalue weighted by Crippen LogP contribution is -2.51. The number of carbonyl (C=O) groups excluding carboxylic acids is 1. The zero-order valence-corrected chi connectivity index (χ0v) is 20.6. The summed E-state index contributed by atoms with van der Waals surface area (Å²) >= 11 is 1.69. The van der Waals surface area contributed by atoms with Gasteiger partial charge in [0.2, 0.25) is 0 Å². The topological polar surface area (TPSA) is 82.1 Å². The van der Waals surface area contributed by atoms with Gasteiger partial charge in [0.15, 0.2) is 5.96 Å². The second-order valence-corrected chi connectivity index (χ2v) is 8.85. The van der Waals surface area contributed by atoms with Gasteiger partial charge in [-0.15, -0.1) is 35.3 Å². The van der Waals surface area contributed by atoms with Gasteiger partial charge in [-0.25, -0.2) is 9.78 Å². The number of amides is 1. The summed E-state index contributed by atoms with van der Waals surface area (Å²) in [5, 5.41) is 7.66. The molecule has 0 spiro atoms. The van der Waals surface area contributed by atoms with E-state index in [2.05, 4.69) is 32.4 Å². The molecule has 1 aliphatic rings. The number of thiazole rings is 1. The minimum Gasteiger partial charge on any atom is -0.444 e. The quantitative estimate of drug-likeness (QED) is 0.350. The van der Waals surface area contributed by atoms with E-state index >= 15 is 0 Å². The summed E-state index contributed by atoms with van der Waals surface area (Å²) in [6.07, 6.45) is 1.66. The summed E-state index contributed by atoms with van der Waals surface area (Å²) in [5.74, 6) is 0.773. The van der Waals surface area contributed by atoms with Crippen LogP contribution in [-0.2, 0) is 11.3 Å². The molecule has 2 N–H and O–H groups in total. The number of hydrogen-bond acceptors (Lipinski definition) is 6. The van der Waals surface area contributed by atoms with E-state index in [0.29, 0.717) is 19.6 Å². The third-order valence-corrected chi connectivity index (χ3v) is 4.96. The van der Waals surface area contributed by atoms with Crippen molar-refractivity contribution in [2.75, 3.05) is 46.3 Å². The molecule has 0 aliphatic carbocycles. The first kappa shape index (κ1) is 24.9. The maximum atomic E-state index is 12.1. The number of piperazine rings is 1. The number of halogens is 1. The minimum absolute atomic E-state index is 0. The Bertz CT molecular complexity index is 638. The molecule has 0 bridgehead atoms. The van der Waals surface area contributed by atoms with Gasteiger partial charge in [0, 0.05) is 57.4 Å². The molecular weight excluding hydrogens is 491 g/mol. The van der Waals surface area contributed by atoms with E-state index in [1.165, 1.54) is 4.88 Å². The third kappa shape index (κ3) is 8.91. The van der Waals surface area contributed by atoms with Crippen LogP contribution in [0.1, 0.15) is 30.7 Å². The zero-order chi connectivity index (χ0) is 19.9. The van der Waals surface area contributed by atoms with Crippen molar-refractivity contribution in [3.05, 3.63) is 16.1 Å².